The van der Waals surface area contributed by atoms with Crippen LogP contribution in [0.25, 0.3) is 0 Å². The highest BCUT2D eigenvalue weighted by Gasteiger charge is 2.18. The number of halogens is 3. The minimum Gasteiger partial charge on any atom is -0.271 e. The molecule has 0 aliphatic heterocycles. The maximum atomic E-state index is 12.9. The highest BCUT2D eigenvalue weighted by molar-refractivity contribution is 6.36. The summed E-state index contributed by atoms with van der Waals surface area (Å²) in [5.74, 6) is 5.25. The molecular weight excluding hydrogens is 274 g/mol. The summed E-state index contributed by atoms with van der Waals surface area (Å²) in [6.45, 7) is 0. The van der Waals surface area contributed by atoms with E-state index in [0.717, 1.165) is 5.56 Å². The first-order chi connectivity index (χ1) is 8.63. The van der Waals surface area contributed by atoms with Gasteiger partial charge in [0.1, 0.15) is 5.82 Å². The van der Waals surface area contributed by atoms with Crippen LogP contribution >= 0.6 is 23.2 Å². The van der Waals surface area contributed by atoms with Crippen LogP contribution in [0.2, 0.25) is 10.0 Å². The molecule has 0 fully saturated rings. The summed E-state index contributed by atoms with van der Waals surface area (Å²) in [5, 5.41) is 1.02. The van der Waals surface area contributed by atoms with Gasteiger partial charge in [-0.05, 0) is 29.8 Å². The fraction of sp³-hybridized carbons (Fsp3) is 0.0769. The minimum absolute atomic E-state index is 0.306. The third kappa shape index (κ3) is 2.65. The summed E-state index contributed by atoms with van der Waals surface area (Å²) < 4.78 is 12.9. The van der Waals surface area contributed by atoms with Gasteiger partial charge in [-0.1, -0.05) is 41.4 Å². The lowest BCUT2D eigenvalue weighted by Crippen LogP contribution is -2.29. The Morgan fingerprint density at radius 3 is 2.06 bits per heavy atom. The maximum Gasteiger partial charge on any atom is 0.123 e. The molecule has 2 rings (SSSR count). The van der Waals surface area contributed by atoms with Crippen LogP contribution in [0, 0.1) is 5.82 Å². The van der Waals surface area contributed by atoms with E-state index in [1.807, 2.05) is 0 Å². The monoisotopic (exact) mass is 284 g/mol. The van der Waals surface area contributed by atoms with Gasteiger partial charge in [0.25, 0.3) is 0 Å². The van der Waals surface area contributed by atoms with Gasteiger partial charge in [0.05, 0.1) is 6.04 Å². The Labute approximate surface area is 114 Å². The van der Waals surface area contributed by atoms with Crippen molar-refractivity contribution in [2.75, 3.05) is 0 Å². The summed E-state index contributed by atoms with van der Waals surface area (Å²) in [7, 11) is 0. The molecule has 0 aliphatic rings. The molecular formula is C13H11Cl2FN2. The van der Waals surface area contributed by atoms with Gasteiger partial charge < -0.3 is 0 Å². The zero-order valence-corrected chi connectivity index (χ0v) is 10.8. The molecule has 0 saturated carbocycles. The van der Waals surface area contributed by atoms with E-state index in [2.05, 4.69) is 5.43 Å². The second-order valence-corrected chi connectivity index (χ2v) is 4.60. The van der Waals surface area contributed by atoms with E-state index in [-0.39, 0.29) is 11.9 Å². The molecule has 94 valence electrons. The van der Waals surface area contributed by atoms with Crippen molar-refractivity contribution in [3.05, 3.63) is 69.5 Å². The summed E-state index contributed by atoms with van der Waals surface area (Å²) in [5.41, 5.74) is 4.11. The molecule has 2 aromatic carbocycles. The van der Waals surface area contributed by atoms with Crippen LogP contribution < -0.4 is 11.3 Å². The van der Waals surface area contributed by atoms with Gasteiger partial charge in [0, 0.05) is 15.6 Å². The lowest BCUT2D eigenvalue weighted by molar-refractivity contribution is 0.615. The van der Waals surface area contributed by atoms with Gasteiger partial charge in [-0.15, -0.1) is 0 Å². The summed E-state index contributed by atoms with van der Waals surface area (Å²) in [6.07, 6.45) is 0. The van der Waals surface area contributed by atoms with Gasteiger partial charge in [-0.2, -0.15) is 0 Å². The molecule has 0 amide bonds. The van der Waals surface area contributed by atoms with Crippen LogP contribution in [-0.2, 0) is 0 Å². The molecule has 3 N–H and O–H groups in total. The van der Waals surface area contributed by atoms with Gasteiger partial charge in [0.15, 0.2) is 0 Å². The van der Waals surface area contributed by atoms with Crippen LogP contribution in [0.5, 0.6) is 0 Å². The maximum absolute atomic E-state index is 12.9. The number of rotatable bonds is 3. The van der Waals surface area contributed by atoms with E-state index in [1.54, 1.807) is 30.3 Å². The first-order valence-corrected chi connectivity index (χ1v) is 6.04. The van der Waals surface area contributed by atoms with Crippen molar-refractivity contribution in [2.45, 2.75) is 6.04 Å². The lowest BCUT2D eigenvalue weighted by Gasteiger charge is -2.19. The predicted octanol–water partition coefficient (Wildman–Crippen LogP) is 3.69. The Morgan fingerprint density at radius 2 is 1.56 bits per heavy atom. The van der Waals surface area contributed by atoms with Gasteiger partial charge in [0.2, 0.25) is 0 Å². The highest BCUT2D eigenvalue weighted by atomic mass is 35.5. The lowest BCUT2D eigenvalue weighted by atomic mass is 9.99. The minimum atomic E-state index is -0.383. The second-order valence-electron chi connectivity index (χ2n) is 3.79. The second kappa shape index (κ2) is 5.67. The molecule has 0 aromatic heterocycles. The first kappa shape index (κ1) is 13.3. The molecule has 0 heterocycles. The zero-order valence-electron chi connectivity index (χ0n) is 9.33. The van der Waals surface area contributed by atoms with E-state index in [4.69, 9.17) is 29.0 Å². The predicted molar refractivity (Wildman–Crippen MR) is 72.0 cm³/mol. The molecule has 2 nitrogen and oxygen atoms in total. The SMILES string of the molecule is NNC(c1ccc(F)cc1)c1c(Cl)cccc1Cl. The Morgan fingerprint density at radius 1 is 1.00 bits per heavy atom. The van der Waals surface area contributed by atoms with Gasteiger partial charge >= 0.3 is 0 Å². The smallest absolute Gasteiger partial charge is 0.123 e. The molecule has 5 heteroatoms. The zero-order chi connectivity index (χ0) is 13.1. The Kier molecular flexibility index (Phi) is 4.19. The molecule has 2 aromatic rings. The first-order valence-electron chi connectivity index (χ1n) is 5.29. The van der Waals surface area contributed by atoms with Crippen LogP contribution in [0.3, 0.4) is 0 Å². The largest absolute Gasteiger partial charge is 0.271 e. The van der Waals surface area contributed by atoms with E-state index < -0.39 is 0 Å². The summed E-state index contributed by atoms with van der Waals surface area (Å²) in [6, 6.07) is 10.8. The Balaban J connectivity index is 2.48. The molecule has 18 heavy (non-hydrogen) atoms. The van der Waals surface area contributed by atoms with Crippen molar-refractivity contribution in [2.24, 2.45) is 5.84 Å². The standard InChI is InChI=1S/C13H11Cl2FN2/c14-10-2-1-3-11(15)12(10)13(18-17)8-4-6-9(16)7-5-8/h1-7,13,18H,17H2. The van der Waals surface area contributed by atoms with Crippen molar-refractivity contribution in [1.29, 1.82) is 0 Å². The number of nitrogens with two attached hydrogens (primary N) is 1. The molecule has 0 bridgehead atoms. The van der Waals surface area contributed by atoms with Crippen molar-refractivity contribution < 1.29 is 4.39 Å². The fourth-order valence-corrected chi connectivity index (χ4v) is 2.40. The van der Waals surface area contributed by atoms with Gasteiger partial charge in [-0.3, -0.25) is 5.84 Å². The molecule has 1 unspecified atom stereocenters. The van der Waals surface area contributed by atoms with E-state index in [1.165, 1.54) is 12.1 Å². The molecule has 0 aliphatic carbocycles. The number of nitrogens with one attached hydrogen (secondary N) is 1. The molecule has 0 spiro atoms. The van der Waals surface area contributed by atoms with Crippen LogP contribution in [0.4, 0.5) is 4.39 Å². The van der Waals surface area contributed by atoms with Crippen LogP contribution in [0.15, 0.2) is 42.5 Å². The quantitative estimate of drug-likeness (QED) is 0.666. The number of benzene rings is 2. The number of hydrazine groups is 1. The molecule has 1 atom stereocenters. The van der Waals surface area contributed by atoms with E-state index in [0.29, 0.717) is 15.6 Å². The number of hydrogen-bond donors (Lipinski definition) is 2. The topological polar surface area (TPSA) is 38.0 Å². The third-order valence-corrected chi connectivity index (χ3v) is 3.32. The van der Waals surface area contributed by atoms with Crippen LogP contribution in [0.1, 0.15) is 17.2 Å². The third-order valence-electron chi connectivity index (χ3n) is 2.66. The normalized spacial score (nSPS) is 12.4. The molecule has 0 radical (unpaired) electrons. The average Bonchev–Trinajstić information content (AvgIpc) is 2.35. The van der Waals surface area contributed by atoms with Crippen molar-refractivity contribution in [1.82, 2.24) is 5.43 Å². The molecule has 0 saturated heterocycles. The van der Waals surface area contributed by atoms with Crippen molar-refractivity contribution in [3.8, 4) is 0 Å². The number of hydrogen-bond acceptors (Lipinski definition) is 2. The Hall–Kier alpha value is -1.13. The van der Waals surface area contributed by atoms with Crippen molar-refractivity contribution in [3.63, 3.8) is 0 Å². The van der Waals surface area contributed by atoms with E-state index in [9.17, 15) is 4.39 Å². The Bertz CT molecular complexity index is 523. The fourth-order valence-electron chi connectivity index (χ4n) is 1.79. The van der Waals surface area contributed by atoms with E-state index >= 15 is 0 Å². The van der Waals surface area contributed by atoms with Crippen LogP contribution in [-0.4, -0.2) is 0 Å². The van der Waals surface area contributed by atoms with Crippen molar-refractivity contribution >= 4 is 23.2 Å². The van der Waals surface area contributed by atoms with Gasteiger partial charge in [-0.25, -0.2) is 9.82 Å². The average molecular weight is 285 g/mol. The summed E-state index contributed by atoms with van der Waals surface area (Å²) in [4.78, 5) is 0. The highest BCUT2D eigenvalue weighted by Crippen LogP contribution is 2.33. The summed E-state index contributed by atoms with van der Waals surface area (Å²) >= 11 is 12.3.